The molecule has 0 radical (unpaired) electrons. The number of likely N-dealkylation sites (N-methyl/N-ethyl adjacent to an activating group) is 1. The molecule has 1 N–H and O–H groups in total. The standard InChI is InChI=1S/C53H60N32O16/c1-6-55-24-25-70(35(55)87)14-78-46(98)80-16-74-32-29-66(42(74)94)12-68-30-33-76(44(68)96)20-84-48(100)82-17-72-31-28-64(40(72)92)10-62-27-26-60(37(62)89)8-57-23-22(54-34(57)86)56-7-59(24)39(91)71(25)15-79-47(99)81(51(80,3)50(78,79)2)19-75(32)43(95)67(29)13-69(30)45(97)77(33)21-85-49(101)83(52(82,4)53(84,85)5)18-73(31)41(93)65(28)11-63(27)38(90)61(26)9-58(23)36(56)88/h22-33H,6-21H2,1-5H3,(H,54,86). The number of hydrogen-bond donors (Lipinski definition) is 1. The van der Waals surface area contributed by atoms with E-state index in [2.05, 4.69) is 5.32 Å². The summed E-state index contributed by atoms with van der Waals surface area (Å²) >= 11 is 0. The Morgan fingerprint density at radius 2 is 0.406 bits per heavy atom. The molecule has 528 valence electrons. The van der Waals surface area contributed by atoms with E-state index in [4.69, 9.17) is 0 Å². The van der Waals surface area contributed by atoms with E-state index in [-0.39, 0.29) is 6.54 Å². The molecular weight excluding hydrogens is 1340 g/mol. The minimum Gasteiger partial charge on any atom is -0.314 e. The van der Waals surface area contributed by atoms with Crippen molar-refractivity contribution in [2.24, 2.45) is 0 Å². The second kappa shape index (κ2) is 15.8. The van der Waals surface area contributed by atoms with E-state index in [1.165, 1.54) is 152 Å². The van der Waals surface area contributed by atoms with Crippen molar-refractivity contribution in [2.45, 2.75) is 131 Å². The van der Waals surface area contributed by atoms with Crippen LogP contribution < -0.4 is 5.32 Å². The molecule has 0 spiro atoms. The summed E-state index contributed by atoms with van der Waals surface area (Å²) in [7, 11) is 0. The Hall–Kier alpha value is -11.7. The quantitative estimate of drug-likeness (QED) is 0.256. The molecule has 24 saturated heterocycles. The van der Waals surface area contributed by atoms with Gasteiger partial charge in [0, 0.05) is 6.54 Å². The lowest BCUT2D eigenvalue weighted by Gasteiger charge is -2.50. The lowest BCUT2D eigenvalue weighted by Crippen LogP contribution is -2.71. The maximum absolute atomic E-state index is 16.0. The second-order valence-corrected chi connectivity index (χ2v) is 30.4. The molecule has 16 bridgehead atoms. The van der Waals surface area contributed by atoms with Crippen LogP contribution in [0.15, 0.2) is 0 Å². The average molecular weight is 1400 g/mol. The summed E-state index contributed by atoms with van der Waals surface area (Å²) in [5.41, 5.74) is -7.37. The minimum absolute atomic E-state index is 0.0180. The van der Waals surface area contributed by atoms with Gasteiger partial charge in [-0.25, -0.2) is 76.7 Å². The fourth-order valence-corrected chi connectivity index (χ4v) is 22.5. The molecule has 0 saturated carbocycles. The van der Waals surface area contributed by atoms with Gasteiger partial charge in [-0.3, -0.25) is 147 Å². The molecule has 32 amide bonds. The van der Waals surface area contributed by atoms with Crippen LogP contribution in [0.25, 0.3) is 0 Å². The summed E-state index contributed by atoms with van der Waals surface area (Å²) in [4.78, 5) is 291. The SMILES string of the molecule is CCN1C(=O)N2CN3C(=O)N4CN5C(=O)N6CN7C(=O)N8CN9C(=O)N%10CN%11C(=O)N%12CN%13C(=O)N%14CN%15C(=O)NC%16C%15N%15CN%17C(=O)N(CN%18C(=O)N(CN%19C(=O)N(CN%20C(=O)N(CN%21C(=O)N(CN%22C(=O)N(CN%23C(=O)N(CN%16C%15=O)C1C2%23)C3(C)C4%22C)C5C6%21)C7C8%20)C9(C)C%10%19C)C%11C%12%18)C%13C%14%17. The van der Waals surface area contributed by atoms with Crippen molar-refractivity contribution in [3.63, 3.8) is 0 Å². The van der Waals surface area contributed by atoms with Crippen molar-refractivity contribution in [3.8, 4) is 0 Å². The first-order chi connectivity index (χ1) is 48.2. The average Bonchev–Trinajstić information content (AvgIpc) is 1.49. The maximum atomic E-state index is 16.0. The van der Waals surface area contributed by atoms with Gasteiger partial charge in [-0.15, -0.1) is 0 Å². The first-order valence-corrected chi connectivity index (χ1v) is 33.5. The van der Waals surface area contributed by atoms with Crippen molar-refractivity contribution in [1.29, 1.82) is 0 Å². The molecule has 24 fully saturated rings. The third kappa shape index (κ3) is 5.07. The maximum Gasteiger partial charge on any atom is 0.326 e. The van der Waals surface area contributed by atoms with E-state index in [0.717, 1.165) is 0 Å². The molecule has 24 aliphatic heterocycles. The number of nitrogens with one attached hydrogen (secondary N) is 1. The number of rotatable bonds is 1. The molecule has 48 heteroatoms. The van der Waals surface area contributed by atoms with Gasteiger partial charge in [0.15, 0.2) is 90.5 Å². The van der Waals surface area contributed by atoms with Crippen LogP contribution in [-0.2, 0) is 0 Å². The summed E-state index contributed by atoms with van der Waals surface area (Å²) in [6, 6.07) is -12.0. The lowest BCUT2D eigenvalue weighted by atomic mass is 9.95. The first-order valence-electron chi connectivity index (χ1n) is 33.5. The number of fused-ring (bicyclic) bond motifs is 4. The van der Waals surface area contributed by atoms with Crippen molar-refractivity contribution < 1.29 is 76.7 Å². The predicted octanol–water partition coefficient (Wildman–Crippen LogP) is -5.66. The van der Waals surface area contributed by atoms with Gasteiger partial charge in [0.2, 0.25) is 0 Å². The predicted molar refractivity (Wildman–Crippen MR) is 309 cm³/mol. The fraction of sp³-hybridized carbons (Fsp3) is 0.698. The molecule has 0 aromatic carbocycles. The van der Waals surface area contributed by atoms with Crippen LogP contribution in [0, 0.1) is 0 Å². The number of hydrogen-bond acceptors (Lipinski definition) is 16. The minimum atomic E-state index is -1.85. The van der Waals surface area contributed by atoms with Crippen molar-refractivity contribution >= 4 is 96.5 Å². The highest BCUT2D eigenvalue weighted by Gasteiger charge is 2.83. The molecule has 16 unspecified atom stereocenters. The molecule has 0 aliphatic carbocycles. The van der Waals surface area contributed by atoms with Crippen molar-refractivity contribution in [3.05, 3.63) is 0 Å². The molecule has 24 rings (SSSR count). The highest BCUT2D eigenvalue weighted by Crippen LogP contribution is 2.59. The zero-order chi connectivity index (χ0) is 69.1. The number of carbonyl (C=O) groups excluding carboxylic acids is 16. The third-order valence-corrected chi connectivity index (χ3v) is 27.6. The van der Waals surface area contributed by atoms with Gasteiger partial charge in [0.25, 0.3) is 0 Å². The van der Waals surface area contributed by atoms with E-state index in [0.29, 0.717) is 0 Å². The first kappa shape index (κ1) is 55.2. The Balaban J connectivity index is 0.678. The van der Waals surface area contributed by atoms with Gasteiger partial charge in [-0.05, 0) is 34.6 Å². The number of amides is 32. The van der Waals surface area contributed by atoms with Crippen LogP contribution >= 0.6 is 0 Å². The van der Waals surface area contributed by atoms with Crippen molar-refractivity contribution in [2.75, 3.05) is 107 Å². The van der Waals surface area contributed by atoms with Crippen LogP contribution in [-0.4, -0.2) is 452 Å². The smallest absolute Gasteiger partial charge is 0.314 e. The van der Waals surface area contributed by atoms with Gasteiger partial charge >= 0.3 is 96.5 Å². The Labute approximate surface area is 566 Å². The van der Waals surface area contributed by atoms with Crippen LogP contribution in [0.2, 0.25) is 0 Å². The van der Waals surface area contributed by atoms with E-state index < -0.39 is 293 Å². The molecule has 101 heavy (non-hydrogen) atoms. The van der Waals surface area contributed by atoms with Crippen LogP contribution in [0.3, 0.4) is 0 Å². The molecule has 24 heterocycles. The Morgan fingerprint density at radius 1 is 0.228 bits per heavy atom. The Kier molecular flexibility index (Phi) is 8.65. The highest BCUT2D eigenvalue weighted by atomic mass is 16.3. The number of urea groups is 16. The Bertz CT molecular complexity index is 4370. The van der Waals surface area contributed by atoms with Gasteiger partial charge in [0.05, 0.1) is 0 Å². The highest BCUT2D eigenvalue weighted by molar-refractivity contribution is 5.97. The van der Waals surface area contributed by atoms with Gasteiger partial charge in [-0.1, -0.05) is 0 Å². The molecule has 48 nitrogen and oxygen atoms in total. The van der Waals surface area contributed by atoms with Gasteiger partial charge in [-0.2, -0.15) is 0 Å². The monoisotopic (exact) mass is 1400 g/mol. The normalized spacial score (nSPS) is 41.5. The molecule has 0 aromatic heterocycles. The molecular formula is C53H60N32O16. The Morgan fingerprint density at radius 3 is 0.653 bits per heavy atom. The van der Waals surface area contributed by atoms with Crippen LogP contribution in [0.1, 0.15) is 34.6 Å². The summed E-state index contributed by atoms with van der Waals surface area (Å²) in [5.74, 6) is 0. The third-order valence-electron chi connectivity index (χ3n) is 27.6. The fourth-order valence-electron chi connectivity index (χ4n) is 22.5. The van der Waals surface area contributed by atoms with Crippen LogP contribution in [0.4, 0.5) is 76.7 Å². The summed E-state index contributed by atoms with van der Waals surface area (Å²) in [6.45, 7) is -0.692. The van der Waals surface area contributed by atoms with E-state index >= 15 is 71.9 Å². The zero-order valence-electron chi connectivity index (χ0n) is 54.1. The van der Waals surface area contributed by atoms with E-state index in [1.807, 2.05) is 0 Å². The number of carbonyl (C=O) groups is 16. The van der Waals surface area contributed by atoms with Gasteiger partial charge < -0.3 is 10.2 Å². The molecule has 24 aliphatic rings. The topological polar surface area (TPSA) is 386 Å². The summed E-state index contributed by atoms with van der Waals surface area (Å²) < 4.78 is 0. The molecule has 0 aromatic rings. The zero-order valence-corrected chi connectivity index (χ0v) is 54.1. The summed E-state index contributed by atoms with van der Waals surface area (Å²) in [6.07, 6.45) is -15.4. The molecule has 16 atom stereocenters. The lowest BCUT2D eigenvalue weighted by molar-refractivity contribution is -0.107. The summed E-state index contributed by atoms with van der Waals surface area (Å²) in [5, 5.41) is 2.87. The van der Waals surface area contributed by atoms with Crippen LogP contribution in [0.5, 0.6) is 0 Å². The largest absolute Gasteiger partial charge is 0.326 e. The van der Waals surface area contributed by atoms with Gasteiger partial charge in [0.1, 0.15) is 106 Å². The second-order valence-electron chi connectivity index (χ2n) is 30.4. The van der Waals surface area contributed by atoms with Crippen molar-refractivity contribution in [1.82, 2.24) is 157 Å². The van der Waals surface area contributed by atoms with E-state index in [1.54, 1.807) is 34.6 Å². The van der Waals surface area contributed by atoms with E-state index in [9.17, 15) is 4.79 Å². The number of nitrogens with zero attached hydrogens (tertiary/aromatic N) is 31.